The van der Waals surface area contributed by atoms with Gasteiger partial charge < -0.3 is 5.11 Å². The molecule has 1 heterocycles. The second-order valence-corrected chi connectivity index (χ2v) is 5.10. The predicted octanol–water partition coefficient (Wildman–Crippen LogP) is 4.48. The van der Waals surface area contributed by atoms with E-state index in [4.69, 9.17) is 0 Å². The Morgan fingerprint density at radius 1 is 1.37 bits per heavy atom. The van der Waals surface area contributed by atoms with Gasteiger partial charge in [-0.1, -0.05) is 30.9 Å². The number of hydrogen-bond donors (Lipinski definition) is 1. The first kappa shape index (κ1) is 13.3. The highest BCUT2D eigenvalue weighted by atomic mass is 32.1. The molecule has 1 aromatic carbocycles. The van der Waals surface area contributed by atoms with E-state index < -0.39 is 0 Å². The molecule has 0 saturated carbocycles. The minimum atomic E-state index is -0.0290. The molecule has 0 amide bonds. The van der Waals surface area contributed by atoms with Crippen molar-refractivity contribution >= 4 is 27.2 Å². The lowest BCUT2D eigenvalue weighted by molar-refractivity contribution is 0.104. The summed E-state index contributed by atoms with van der Waals surface area (Å²) in [6.07, 6.45) is 6.90. The number of aromatic hydroxyl groups is 1. The zero-order valence-electron chi connectivity index (χ0n) is 10.6. The van der Waals surface area contributed by atoms with Gasteiger partial charge in [-0.05, 0) is 36.6 Å². The van der Waals surface area contributed by atoms with Crippen molar-refractivity contribution in [2.24, 2.45) is 0 Å². The van der Waals surface area contributed by atoms with Gasteiger partial charge in [0.2, 0.25) is 5.78 Å². The van der Waals surface area contributed by atoms with Crippen LogP contribution in [0.4, 0.5) is 0 Å². The zero-order chi connectivity index (χ0) is 13.8. The summed E-state index contributed by atoms with van der Waals surface area (Å²) in [4.78, 5) is 13.0. The average molecular weight is 270 g/mol. The van der Waals surface area contributed by atoms with Crippen LogP contribution in [0, 0.1) is 0 Å². The van der Waals surface area contributed by atoms with E-state index in [2.05, 4.69) is 6.58 Å². The molecule has 0 fully saturated rings. The molecule has 0 radical (unpaired) electrons. The molecule has 0 aliphatic heterocycles. The number of benzene rings is 1. The number of phenolic OH excluding ortho intramolecular Hbond substituents is 1. The van der Waals surface area contributed by atoms with Crippen LogP contribution in [0.5, 0.6) is 5.75 Å². The Morgan fingerprint density at radius 2 is 2.16 bits per heavy atom. The molecule has 19 heavy (non-hydrogen) atoms. The molecule has 1 aromatic heterocycles. The lowest BCUT2D eigenvalue weighted by Gasteiger charge is -1.97. The Hall–Kier alpha value is -2.13. The van der Waals surface area contributed by atoms with E-state index >= 15 is 0 Å². The van der Waals surface area contributed by atoms with Crippen LogP contribution in [-0.4, -0.2) is 10.9 Å². The molecular weight excluding hydrogens is 256 g/mol. The number of allylic oxidation sites excluding steroid dienone is 5. The fourth-order valence-corrected chi connectivity index (χ4v) is 2.85. The fourth-order valence-electron chi connectivity index (χ4n) is 1.79. The van der Waals surface area contributed by atoms with Gasteiger partial charge in [-0.15, -0.1) is 11.3 Å². The van der Waals surface area contributed by atoms with Crippen LogP contribution in [0.3, 0.4) is 0 Å². The maximum absolute atomic E-state index is 12.4. The summed E-state index contributed by atoms with van der Waals surface area (Å²) in [5.74, 6) is 0.183. The van der Waals surface area contributed by atoms with Crippen molar-refractivity contribution < 1.29 is 9.90 Å². The molecule has 2 aromatic rings. The summed E-state index contributed by atoms with van der Waals surface area (Å²) in [5.41, 5.74) is 0.605. The monoisotopic (exact) mass is 270 g/mol. The van der Waals surface area contributed by atoms with E-state index in [9.17, 15) is 9.90 Å². The van der Waals surface area contributed by atoms with E-state index in [0.29, 0.717) is 10.5 Å². The molecular formula is C16H14O2S. The summed E-state index contributed by atoms with van der Waals surface area (Å²) in [5, 5.41) is 10.4. The Labute approximate surface area is 116 Å². The summed E-state index contributed by atoms with van der Waals surface area (Å²) < 4.78 is 0.904. The van der Waals surface area contributed by atoms with Crippen LogP contribution in [0.2, 0.25) is 0 Å². The Bertz CT molecular complexity index is 690. The van der Waals surface area contributed by atoms with Crippen molar-refractivity contribution in [1.29, 1.82) is 0 Å². The third-order valence-corrected chi connectivity index (χ3v) is 3.73. The van der Waals surface area contributed by atoms with Crippen LogP contribution in [0.1, 0.15) is 16.6 Å². The maximum Gasteiger partial charge on any atom is 0.202 e. The zero-order valence-corrected chi connectivity index (χ0v) is 11.4. The Kier molecular flexibility index (Phi) is 3.97. The van der Waals surface area contributed by atoms with Gasteiger partial charge in [0.05, 0.1) is 4.88 Å². The van der Waals surface area contributed by atoms with E-state index in [0.717, 1.165) is 10.1 Å². The number of phenols is 1. The highest BCUT2D eigenvalue weighted by Crippen LogP contribution is 2.30. The lowest BCUT2D eigenvalue weighted by Crippen LogP contribution is -1.98. The van der Waals surface area contributed by atoms with Crippen LogP contribution in [-0.2, 0) is 0 Å². The van der Waals surface area contributed by atoms with Gasteiger partial charge in [-0.2, -0.15) is 0 Å². The number of Topliss-reactive ketones (excluding diaryl/α,β-unsaturated/α-hetero) is 1. The fraction of sp³-hybridized carbons (Fsp3) is 0.0625. The van der Waals surface area contributed by atoms with Gasteiger partial charge in [0.1, 0.15) is 5.75 Å². The van der Waals surface area contributed by atoms with Gasteiger partial charge >= 0.3 is 0 Å². The minimum Gasteiger partial charge on any atom is -0.508 e. The third-order valence-electron chi connectivity index (χ3n) is 2.63. The number of ketones is 1. The molecule has 96 valence electrons. The molecule has 0 aliphatic rings. The molecule has 0 saturated heterocycles. The molecule has 0 spiro atoms. The summed E-state index contributed by atoms with van der Waals surface area (Å²) >= 11 is 1.38. The van der Waals surface area contributed by atoms with Gasteiger partial charge in [-0.25, -0.2) is 0 Å². The largest absolute Gasteiger partial charge is 0.508 e. The molecule has 2 nitrogen and oxygen atoms in total. The first-order valence-electron chi connectivity index (χ1n) is 5.88. The average Bonchev–Trinajstić information content (AvgIpc) is 2.80. The van der Waals surface area contributed by atoms with Gasteiger partial charge in [-0.3, -0.25) is 4.79 Å². The SMILES string of the molecule is C=C/C=C(\C=C/C)C(=O)c1cc2ccc(O)cc2s1. The second kappa shape index (κ2) is 5.67. The molecule has 0 unspecified atom stereocenters. The second-order valence-electron chi connectivity index (χ2n) is 4.02. The highest BCUT2D eigenvalue weighted by molar-refractivity contribution is 7.21. The van der Waals surface area contributed by atoms with E-state index in [-0.39, 0.29) is 11.5 Å². The van der Waals surface area contributed by atoms with Gasteiger partial charge in [0.25, 0.3) is 0 Å². The number of hydrogen-bond acceptors (Lipinski definition) is 3. The van der Waals surface area contributed by atoms with E-state index in [1.807, 2.05) is 25.1 Å². The van der Waals surface area contributed by atoms with Crippen molar-refractivity contribution in [2.45, 2.75) is 6.92 Å². The van der Waals surface area contributed by atoms with Gasteiger partial charge in [0.15, 0.2) is 0 Å². The van der Waals surface area contributed by atoms with E-state index in [1.54, 1.807) is 30.4 Å². The summed E-state index contributed by atoms with van der Waals surface area (Å²) in [6.45, 7) is 5.49. The standard InChI is InChI=1S/C16H14O2S/c1-3-5-11(6-4-2)16(18)15-9-12-7-8-13(17)10-14(12)19-15/h3-10,17H,1H2,2H3/b6-4-,11-5+. The molecule has 3 heteroatoms. The van der Waals surface area contributed by atoms with Gasteiger partial charge in [0, 0.05) is 10.3 Å². The summed E-state index contributed by atoms with van der Waals surface area (Å²) in [7, 11) is 0. The Balaban J connectivity index is 2.46. The van der Waals surface area contributed by atoms with Crippen LogP contribution in [0.25, 0.3) is 10.1 Å². The van der Waals surface area contributed by atoms with E-state index in [1.165, 1.54) is 11.3 Å². The van der Waals surface area contributed by atoms with Crippen molar-refractivity contribution in [3.05, 3.63) is 65.6 Å². The topological polar surface area (TPSA) is 37.3 Å². The Morgan fingerprint density at radius 3 is 2.84 bits per heavy atom. The number of rotatable bonds is 4. The number of fused-ring (bicyclic) bond motifs is 1. The predicted molar refractivity (Wildman–Crippen MR) is 80.9 cm³/mol. The number of carbonyl (C=O) groups is 1. The number of carbonyl (C=O) groups excluding carboxylic acids is 1. The van der Waals surface area contributed by atoms with Crippen LogP contribution < -0.4 is 0 Å². The van der Waals surface area contributed by atoms with Crippen LogP contribution in [0.15, 0.2) is 60.7 Å². The molecule has 0 atom stereocenters. The van der Waals surface area contributed by atoms with Crippen molar-refractivity contribution in [3.63, 3.8) is 0 Å². The summed E-state index contributed by atoms with van der Waals surface area (Å²) in [6, 6.07) is 6.95. The first-order valence-corrected chi connectivity index (χ1v) is 6.70. The molecule has 2 rings (SSSR count). The minimum absolute atomic E-state index is 0.0290. The molecule has 0 bridgehead atoms. The quantitative estimate of drug-likeness (QED) is 0.505. The maximum atomic E-state index is 12.4. The smallest absolute Gasteiger partial charge is 0.202 e. The van der Waals surface area contributed by atoms with Crippen LogP contribution >= 0.6 is 11.3 Å². The third kappa shape index (κ3) is 2.83. The lowest BCUT2D eigenvalue weighted by atomic mass is 10.1. The van der Waals surface area contributed by atoms with Crippen molar-refractivity contribution in [2.75, 3.05) is 0 Å². The molecule has 0 aliphatic carbocycles. The first-order chi connectivity index (χ1) is 9.15. The normalized spacial score (nSPS) is 12.2. The van der Waals surface area contributed by atoms with Crippen molar-refractivity contribution in [3.8, 4) is 5.75 Å². The molecule has 1 N–H and O–H groups in total. The highest BCUT2D eigenvalue weighted by Gasteiger charge is 2.13. The number of thiophene rings is 1. The van der Waals surface area contributed by atoms with Crippen molar-refractivity contribution in [1.82, 2.24) is 0 Å².